The van der Waals surface area contributed by atoms with E-state index in [1.54, 1.807) is 12.1 Å². The number of benzene rings is 1. The molecule has 0 radical (unpaired) electrons. The number of amides is 1. The number of ether oxygens (including phenoxy) is 1. The quantitative estimate of drug-likeness (QED) is 0.806. The topological polar surface area (TPSA) is 41.6 Å². The summed E-state index contributed by atoms with van der Waals surface area (Å²) in [5.41, 5.74) is 0.312. The first-order valence-corrected chi connectivity index (χ1v) is 5.07. The summed E-state index contributed by atoms with van der Waals surface area (Å²) in [6.45, 7) is 1.42. The third-order valence-corrected chi connectivity index (χ3v) is 2.54. The van der Waals surface area contributed by atoms with Gasteiger partial charge in [0.1, 0.15) is 5.75 Å². The molecule has 4 nitrogen and oxygen atoms in total. The summed E-state index contributed by atoms with van der Waals surface area (Å²) < 4.78 is 18.6. The van der Waals surface area contributed by atoms with Crippen molar-refractivity contribution in [3.05, 3.63) is 24.0 Å². The number of hydrogen-bond donors (Lipinski definition) is 1. The number of anilines is 1. The molecule has 2 rings (SSSR count). The van der Waals surface area contributed by atoms with Crippen molar-refractivity contribution < 1.29 is 13.9 Å². The maximum Gasteiger partial charge on any atom is 0.241 e. The first-order valence-electron chi connectivity index (χ1n) is 5.07. The van der Waals surface area contributed by atoms with Gasteiger partial charge in [0.05, 0.1) is 19.3 Å². The molecule has 1 aromatic carbocycles. The molecular weight excluding hydrogens is 211 g/mol. The van der Waals surface area contributed by atoms with Crippen molar-refractivity contribution in [2.24, 2.45) is 0 Å². The van der Waals surface area contributed by atoms with Gasteiger partial charge in [0.15, 0.2) is 5.82 Å². The van der Waals surface area contributed by atoms with Crippen LogP contribution in [0.15, 0.2) is 18.2 Å². The molecule has 1 aromatic rings. The lowest BCUT2D eigenvalue weighted by Crippen LogP contribution is -2.48. The van der Waals surface area contributed by atoms with E-state index in [4.69, 9.17) is 4.74 Å². The predicted molar refractivity (Wildman–Crippen MR) is 58.2 cm³/mol. The van der Waals surface area contributed by atoms with Gasteiger partial charge in [-0.25, -0.2) is 4.39 Å². The molecule has 0 saturated carbocycles. The van der Waals surface area contributed by atoms with E-state index >= 15 is 0 Å². The van der Waals surface area contributed by atoms with Crippen LogP contribution < -0.4 is 15.0 Å². The van der Waals surface area contributed by atoms with Crippen molar-refractivity contribution in [1.29, 1.82) is 0 Å². The lowest BCUT2D eigenvalue weighted by Gasteiger charge is -2.27. The van der Waals surface area contributed by atoms with Gasteiger partial charge >= 0.3 is 0 Å². The van der Waals surface area contributed by atoms with Crippen LogP contribution in [0.25, 0.3) is 0 Å². The number of carbonyl (C=O) groups is 1. The number of hydrogen-bond acceptors (Lipinski definition) is 3. The van der Waals surface area contributed by atoms with E-state index in [2.05, 4.69) is 5.32 Å². The summed E-state index contributed by atoms with van der Waals surface area (Å²) in [6.07, 6.45) is 0. The molecule has 1 fully saturated rings. The Balaban J connectivity index is 2.28. The molecule has 0 aromatic heterocycles. The molecule has 0 spiro atoms. The number of halogens is 1. The van der Waals surface area contributed by atoms with Gasteiger partial charge in [-0.1, -0.05) is 0 Å². The van der Waals surface area contributed by atoms with Crippen LogP contribution in [0.2, 0.25) is 0 Å². The summed E-state index contributed by atoms with van der Waals surface area (Å²) in [6, 6.07) is 4.50. The van der Waals surface area contributed by atoms with Gasteiger partial charge < -0.3 is 15.0 Å². The second kappa shape index (κ2) is 4.49. The lowest BCUT2D eigenvalue weighted by atomic mass is 10.2. The molecule has 1 aliphatic rings. The Labute approximate surface area is 93.0 Å². The van der Waals surface area contributed by atoms with Crippen LogP contribution in [-0.2, 0) is 4.79 Å². The van der Waals surface area contributed by atoms with Crippen LogP contribution in [0.1, 0.15) is 0 Å². The highest BCUT2D eigenvalue weighted by molar-refractivity contribution is 5.95. The number of rotatable bonds is 2. The molecule has 1 aliphatic heterocycles. The fraction of sp³-hybridized carbons (Fsp3) is 0.364. The molecule has 0 atom stereocenters. The fourth-order valence-electron chi connectivity index (χ4n) is 1.69. The van der Waals surface area contributed by atoms with E-state index < -0.39 is 5.82 Å². The monoisotopic (exact) mass is 224 g/mol. The van der Waals surface area contributed by atoms with Gasteiger partial charge in [0.25, 0.3) is 0 Å². The largest absolute Gasteiger partial charge is 0.497 e. The molecular formula is C11H13FN2O2. The van der Waals surface area contributed by atoms with E-state index in [-0.39, 0.29) is 12.5 Å². The number of carbonyl (C=O) groups excluding carboxylic acids is 1. The minimum absolute atomic E-state index is 0.115. The highest BCUT2D eigenvalue weighted by Gasteiger charge is 2.21. The Kier molecular flexibility index (Phi) is 3.05. The van der Waals surface area contributed by atoms with Crippen LogP contribution in [0.4, 0.5) is 10.1 Å². The maximum absolute atomic E-state index is 13.7. The van der Waals surface area contributed by atoms with Crippen LogP contribution in [-0.4, -0.2) is 32.7 Å². The fourth-order valence-corrected chi connectivity index (χ4v) is 1.69. The predicted octanol–water partition coefficient (Wildman–Crippen LogP) is 0.770. The van der Waals surface area contributed by atoms with E-state index in [9.17, 15) is 9.18 Å². The van der Waals surface area contributed by atoms with Crippen molar-refractivity contribution in [3.63, 3.8) is 0 Å². The number of nitrogens with zero attached hydrogens (tertiary/aromatic N) is 1. The summed E-state index contributed by atoms with van der Waals surface area (Å²) in [7, 11) is 1.48. The van der Waals surface area contributed by atoms with Crippen molar-refractivity contribution >= 4 is 11.6 Å². The molecule has 86 valence electrons. The second-order valence-corrected chi connectivity index (χ2v) is 3.54. The third-order valence-electron chi connectivity index (χ3n) is 2.54. The molecule has 16 heavy (non-hydrogen) atoms. The number of nitrogens with one attached hydrogen (secondary N) is 1. The smallest absolute Gasteiger partial charge is 0.241 e. The van der Waals surface area contributed by atoms with Crippen molar-refractivity contribution in [3.8, 4) is 5.75 Å². The van der Waals surface area contributed by atoms with E-state index in [0.29, 0.717) is 24.5 Å². The Bertz CT molecular complexity index is 409. The second-order valence-electron chi connectivity index (χ2n) is 3.54. The van der Waals surface area contributed by atoms with E-state index in [0.717, 1.165) is 0 Å². The van der Waals surface area contributed by atoms with Gasteiger partial charge in [-0.05, 0) is 12.1 Å². The SMILES string of the molecule is COc1ccc(N2CCNCC2=O)c(F)c1. The van der Waals surface area contributed by atoms with Crippen LogP contribution in [0, 0.1) is 5.82 Å². The molecule has 1 amide bonds. The number of methoxy groups -OCH3 is 1. The Hall–Kier alpha value is -1.62. The first-order chi connectivity index (χ1) is 7.72. The molecule has 1 N–H and O–H groups in total. The van der Waals surface area contributed by atoms with Gasteiger partial charge in [0.2, 0.25) is 5.91 Å². The molecule has 0 bridgehead atoms. The van der Waals surface area contributed by atoms with Gasteiger partial charge in [-0.3, -0.25) is 4.79 Å². The highest BCUT2D eigenvalue weighted by atomic mass is 19.1. The first kappa shape index (κ1) is 10.9. The highest BCUT2D eigenvalue weighted by Crippen LogP contribution is 2.24. The summed E-state index contributed by atoms with van der Waals surface area (Å²) in [4.78, 5) is 13.0. The van der Waals surface area contributed by atoms with Gasteiger partial charge in [-0.15, -0.1) is 0 Å². The molecule has 0 unspecified atom stereocenters. The molecule has 1 heterocycles. The Morgan fingerprint density at radius 2 is 2.31 bits per heavy atom. The Morgan fingerprint density at radius 3 is 2.94 bits per heavy atom. The van der Waals surface area contributed by atoms with E-state index in [1.807, 2.05) is 0 Å². The zero-order valence-corrected chi connectivity index (χ0v) is 9.00. The average Bonchev–Trinajstić information content (AvgIpc) is 2.30. The minimum Gasteiger partial charge on any atom is -0.497 e. The number of piperazine rings is 1. The zero-order chi connectivity index (χ0) is 11.5. The summed E-state index contributed by atoms with van der Waals surface area (Å²) in [5.74, 6) is -0.103. The average molecular weight is 224 g/mol. The maximum atomic E-state index is 13.7. The van der Waals surface area contributed by atoms with Crippen LogP contribution >= 0.6 is 0 Å². The summed E-state index contributed by atoms with van der Waals surface area (Å²) in [5, 5.41) is 2.94. The van der Waals surface area contributed by atoms with Crippen LogP contribution in [0.5, 0.6) is 5.75 Å². The molecule has 5 heteroatoms. The van der Waals surface area contributed by atoms with E-state index in [1.165, 1.54) is 18.1 Å². The van der Waals surface area contributed by atoms with Gasteiger partial charge in [-0.2, -0.15) is 0 Å². The lowest BCUT2D eigenvalue weighted by molar-refractivity contribution is -0.118. The molecule has 1 saturated heterocycles. The van der Waals surface area contributed by atoms with Crippen molar-refractivity contribution in [2.45, 2.75) is 0 Å². The van der Waals surface area contributed by atoms with Crippen molar-refractivity contribution in [1.82, 2.24) is 5.32 Å². The Morgan fingerprint density at radius 1 is 1.50 bits per heavy atom. The summed E-state index contributed by atoms with van der Waals surface area (Å²) >= 11 is 0. The van der Waals surface area contributed by atoms with Crippen molar-refractivity contribution in [2.75, 3.05) is 31.6 Å². The normalized spacial score (nSPS) is 16.4. The third kappa shape index (κ3) is 1.99. The van der Waals surface area contributed by atoms with Gasteiger partial charge in [0, 0.05) is 19.2 Å². The molecule has 0 aliphatic carbocycles. The minimum atomic E-state index is -0.436. The zero-order valence-electron chi connectivity index (χ0n) is 9.00. The standard InChI is InChI=1S/C11H13FN2O2/c1-16-8-2-3-10(9(12)6-8)14-5-4-13-7-11(14)15/h2-3,6,13H,4-5,7H2,1H3. The van der Waals surface area contributed by atoms with Crippen LogP contribution in [0.3, 0.4) is 0 Å².